The van der Waals surface area contributed by atoms with Gasteiger partial charge in [-0.2, -0.15) is 9.57 Å². The van der Waals surface area contributed by atoms with Crippen LogP contribution in [0.3, 0.4) is 0 Å². The first-order valence-electron chi connectivity index (χ1n) is 6.55. The van der Waals surface area contributed by atoms with Crippen molar-refractivity contribution in [3.63, 3.8) is 0 Å². The largest absolute Gasteiger partial charge is 0.368 e. The summed E-state index contributed by atoms with van der Waals surface area (Å²) in [5.74, 6) is 0.368. The minimum absolute atomic E-state index is 0.132. The molecule has 0 amide bonds. The van der Waals surface area contributed by atoms with E-state index in [0.29, 0.717) is 17.3 Å². The maximum atomic E-state index is 12.7. The SMILES string of the molecule is CCCNc1nc2sccn2c1S(=O)(=O)N(C)CCC#N. The number of nitrogens with one attached hydrogen (secondary N) is 1. The third kappa shape index (κ3) is 3.02. The Kier molecular flexibility index (Phi) is 4.82. The van der Waals surface area contributed by atoms with Gasteiger partial charge in [0, 0.05) is 38.1 Å². The topological polar surface area (TPSA) is 90.5 Å². The zero-order chi connectivity index (χ0) is 15.5. The fourth-order valence-electron chi connectivity index (χ4n) is 1.85. The van der Waals surface area contributed by atoms with E-state index in [1.165, 1.54) is 22.7 Å². The zero-order valence-corrected chi connectivity index (χ0v) is 13.5. The number of nitriles is 1. The molecule has 0 atom stereocenters. The molecule has 0 aliphatic rings. The molecule has 0 aliphatic heterocycles. The summed E-state index contributed by atoms with van der Waals surface area (Å²) in [6.07, 6.45) is 2.71. The van der Waals surface area contributed by atoms with Gasteiger partial charge in [0.25, 0.3) is 10.0 Å². The van der Waals surface area contributed by atoms with E-state index >= 15 is 0 Å². The number of aromatic nitrogens is 2. The summed E-state index contributed by atoms with van der Waals surface area (Å²) in [7, 11) is -2.22. The number of hydrogen-bond donors (Lipinski definition) is 1. The number of thiazole rings is 1. The molecule has 2 heterocycles. The molecule has 21 heavy (non-hydrogen) atoms. The maximum absolute atomic E-state index is 12.7. The molecule has 0 aromatic carbocycles. The second kappa shape index (κ2) is 6.43. The van der Waals surface area contributed by atoms with Crippen molar-refractivity contribution in [3.8, 4) is 6.07 Å². The molecule has 0 unspecified atom stereocenters. The van der Waals surface area contributed by atoms with Crippen LogP contribution in [0.25, 0.3) is 4.96 Å². The Hall–Kier alpha value is -1.63. The van der Waals surface area contributed by atoms with E-state index in [2.05, 4.69) is 10.3 Å². The van der Waals surface area contributed by atoms with Gasteiger partial charge in [-0.3, -0.25) is 4.40 Å². The number of sulfonamides is 1. The van der Waals surface area contributed by atoms with E-state index in [9.17, 15) is 8.42 Å². The zero-order valence-electron chi connectivity index (χ0n) is 11.9. The molecule has 0 aliphatic carbocycles. The second-order valence-electron chi connectivity index (χ2n) is 4.48. The van der Waals surface area contributed by atoms with Crippen molar-refractivity contribution in [1.82, 2.24) is 13.7 Å². The maximum Gasteiger partial charge on any atom is 0.262 e. The van der Waals surface area contributed by atoms with E-state index in [1.54, 1.807) is 16.0 Å². The number of hydrogen-bond acceptors (Lipinski definition) is 6. The molecule has 1 N–H and O–H groups in total. The van der Waals surface area contributed by atoms with Gasteiger partial charge in [0.2, 0.25) is 0 Å². The number of rotatable bonds is 7. The summed E-state index contributed by atoms with van der Waals surface area (Å²) >= 11 is 1.38. The fourth-order valence-corrected chi connectivity index (χ4v) is 4.00. The van der Waals surface area contributed by atoms with Crippen LogP contribution < -0.4 is 5.32 Å². The van der Waals surface area contributed by atoms with Gasteiger partial charge < -0.3 is 5.32 Å². The van der Waals surface area contributed by atoms with Crippen LogP contribution >= 0.6 is 11.3 Å². The van der Waals surface area contributed by atoms with E-state index < -0.39 is 10.0 Å². The smallest absolute Gasteiger partial charge is 0.262 e. The molecule has 114 valence electrons. The van der Waals surface area contributed by atoms with Crippen LogP contribution in [0.5, 0.6) is 0 Å². The highest BCUT2D eigenvalue weighted by Gasteiger charge is 2.29. The summed E-state index contributed by atoms with van der Waals surface area (Å²) < 4.78 is 28.2. The first kappa shape index (κ1) is 15.8. The quantitative estimate of drug-likeness (QED) is 0.836. The average Bonchev–Trinajstić information content (AvgIpc) is 3.01. The van der Waals surface area contributed by atoms with Gasteiger partial charge in [-0.25, -0.2) is 13.4 Å². The molecule has 2 aromatic rings. The highest BCUT2D eigenvalue weighted by molar-refractivity contribution is 7.89. The molecule has 9 heteroatoms. The minimum Gasteiger partial charge on any atom is -0.368 e. The fraction of sp³-hybridized carbons (Fsp3) is 0.500. The molecular weight excluding hydrogens is 310 g/mol. The molecule has 0 saturated carbocycles. The van der Waals surface area contributed by atoms with Crippen molar-refractivity contribution in [2.45, 2.75) is 24.8 Å². The Labute approximate surface area is 127 Å². The van der Waals surface area contributed by atoms with Gasteiger partial charge in [-0.05, 0) is 6.42 Å². The van der Waals surface area contributed by atoms with Crippen molar-refractivity contribution in [2.24, 2.45) is 0 Å². The predicted molar refractivity (Wildman–Crippen MR) is 81.9 cm³/mol. The number of nitrogens with zero attached hydrogens (tertiary/aromatic N) is 4. The monoisotopic (exact) mass is 327 g/mol. The normalized spacial score (nSPS) is 11.9. The van der Waals surface area contributed by atoms with Crippen LogP contribution in [0.1, 0.15) is 19.8 Å². The summed E-state index contributed by atoms with van der Waals surface area (Å²) in [6, 6.07) is 1.95. The first-order valence-corrected chi connectivity index (χ1v) is 8.87. The highest BCUT2D eigenvalue weighted by Crippen LogP contribution is 2.27. The Balaban J connectivity index is 2.47. The second-order valence-corrected chi connectivity index (χ2v) is 7.32. The molecule has 7 nitrogen and oxygen atoms in total. The Morgan fingerprint density at radius 1 is 1.57 bits per heavy atom. The average molecular weight is 327 g/mol. The predicted octanol–water partition coefficient (Wildman–Crippen LogP) is 1.75. The van der Waals surface area contributed by atoms with Crippen molar-refractivity contribution < 1.29 is 8.42 Å². The molecular formula is C12H17N5O2S2. The van der Waals surface area contributed by atoms with Crippen molar-refractivity contribution in [2.75, 3.05) is 25.5 Å². The Morgan fingerprint density at radius 2 is 2.33 bits per heavy atom. The summed E-state index contributed by atoms with van der Waals surface area (Å²) in [6.45, 7) is 2.80. The molecule has 2 aromatic heterocycles. The molecule has 0 fully saturated rings. The van der Waals surface area contributed by atoms with Crippen molar-refractivity contribution in [3.05, 3.63) is 11.6 Å². The standard InChI is InChI=1S/C12H17N5O2S2/c1-3-6-14-10-11(17-8-9-20-12(17)15-10)21(18,19)16(2)7-4-5-13/h8-9,14H,3-4,6-7H2,1-2H3. The number of imidazole rings is 1. The lowest BCUT2D eigenvalue weighted by Crippen LogP contribution is -2.29. The van der Waals surface area contributed by atoms with Gasteiger partial charge in [-0.15, -0.1) is 11.3 Å². The van der Waals surface area contributed by atoms with E-state index in [4.69, 9.17) is 5.26 Å². The molecule has 0 bridgehead atoms. The summed E-state index contributed by atoms with van der Waals surface area (Å²) in [5, 5.41) is 13.6. The van der Waals surface area contributed by atoms with E-state index in [1.807, 2.05) is 13.0 Å². The van der Waals surface area contributed by atoms with Crippen LogP contribution in [0.2, 0.25) is 0 Å². The third-order valence-electron chi connectivity index (χ3n) is 2.95. The molecule has 2 rings (SSSR count). The molecule has 0 radical (unpaired) electrons. The van der Waals surface area contributed by atoms with Crippen LogP contribution in [-0.2, 0) is 10.0 Å². The van der Waals surface area contributed by atoms with Gasteiger partial charge in [0.1, 0.15) is 0 Å². The Bertz CT molecular complexity index is 756. The molecule has 0 saturated heterocycles. The minimum atomic E-state index is -3.70. The van der Waals surface area contributed by atoms with Crippen LogP contribution in [0.15, 0.2) is 16.6 Å². The van der Waals surface area contributed by atoms with Crippen molar-refractivity contribution >= 4 is 32.1 Å². The number of anilines is 1. The molecule has 0 spiro atoms. The third-order valence-corrected chi connectivity index (χ3v) is 5.59. The Morgan fingerprint density at radius 3 is 3.00 bits per heavy atom. The van der Waals surface area contributed by atoms with Gasteiger partial charge >= 0.3 is 0 Å². The van der Waals surface area contributed by atoms with Crippen LogP contribution in [0, 0.1) is 11.3 Å². The van der Waals surface area contributed by atoms with E-state index in [-0.39, 0.29) is 18.0 Å². The summed E-state index contributed by atoms with van der Waals surface area (Å²) in [5.41, 5.74) is 0. The van der Waals surface area contributed by atoms with Crippen LogP contribution in [0.4, 0.5) is 5.82 Å². The lowest BCUT2D eigenvalue weighted by atomic mass is 10.5. The number of fused-ring (bicyclic) bond motifs is 1. The van der Waals surface area contributed by atoms with Crippen molar-refractivity contribution in [1.29, 1.82) is 5.26 Å². The van der Waals surface area contributed by atoms with Crippen LogP contribution in [-0.4, -0.2) is 42.2 Å². The van der Waals surface area contributed by atoms with Gasteiger partial charge in [0.05, 0.1) is 6.07 Å². The first-order chi connectivity index (χ1) is 10.0. The van der Waals surface area contributed by atoms with Gasteiger partial charge in [-0.1, -0.05) is 6.92 Å². The van der Waals surface area contributed by atoms with Gasteiger partial charge in [0.15, 0.2) is 15.8 Å². The lowest BCUT2D eigenvalue weighted by molar-refractivity contribution is 0.473. The highest BCUT2D eigenvalue weighted by atomic mass is 32.2. The summed E-state index contributed by atoms with van der Waals surface area (Å²) in [4.78, 5) is 4.96. The lowest BCUT2D eigenvalue weighted by Gasteiger charge is -2.16. The van der Waals surface area contributed by atoms with E-state index in [0.717, 1.165) is 6.42 Å².